The van der Waals surface area contributed by atoms with Gasteiger partial charge in [0, 0.05) is 0 Å². The van der Waals surface area contributed by atoms with E-state index in [1.54, 1.807) is 0 Å². The Hall–Kier alpha value is -2.24. The van der Waals surface area contributed by atoms with Crippen LogP contribution in [-0.4, -0.2) is 64.7 Å². The van der Waals surface area contributed by atoms with E-state index in [0.717, 1.165) is 0 Å². The average molecular weight is 361 g/mol. The molecule has 11 heteroatoms. The molecule has 0 heterocycles. The Morgan fingerprint density at radius 1 is 1.04 bits per heavy atom. The van der Waals surface area contributed by atoms with Gasteiger partial charge in [0.2, 0.25) is 17.7 Å². The van der Waals surface area contributed by atoms with Crippen molar-refractivity contribution in [2.45, 2.75) is 56.8 Å². The normalized spacial score (nSPS) is 15.5. The molecule has 0 aliphatic heterocycles. The molecule has 0 saturated carbocycles. The van der Waals surface area contributed by atoms with Crippen LogP contribution < -0.4 is 27.8 Å². The van der Waals surface area contributed by atoms with Gasteiger partial charge in [-0.2, -0.15) is 0 Å². The lowest BCUT2D eigenvalue weighted by Gasteiger charge is -2.22. The fourth-order valence-electron chi connectivity index (χ4n) is 1.92. The number of nitrogens with two attached hydrogens (primary N) is 3. The summed E-state index contributed by atoms with van der Waals surface area (Å²) in [5.41, 5.74) is 15.8. The smallest absolute Gasteiger partial charge is 0.326 e. The second-order valence-electron chi connectivity index (χ2n) is 5.68. The third-order valence-electron chi connectivity index (χ3n) is 3.42. The molecule has 0 bridgehead atoms. The molecule has 0 aromatic carbocycles. The van der Waals surface area contributed by atoms with Crippen LogP contribution in [0.1, 0.15) is 32.6 Å². The number of carboxylic acids is 1. The van der Waals surface area contributed by atoms with Crippen LogP contribution in [-0.2, 0) is 19.2 Å². The molecule has 0 aromatic rings. The van der Waals surface area contributed by atoms with Gasteiger partial charge >= 0.3 is 5.97 Å². The van der Waals surface area contributed by atoms with E-state index in [2.05, 4.69) is 10.6 Å². The lowest BCUT2D eigenvalue weighted by atomic mass is 10.1. The summed E-state index contributed by atoms with van der Waals surface area (Å²) >= 11 is 0. The van der Waals surface area contributed by atoms with Gasteiger partial charge in [0.25, 0.3) is 0 Å². The molecular formula is C14H27N5O6. The maximum absolute atomic E-state index is 12.2. The summed E-state index contributed by atoms with van der Waals surface area (Å²) in [6, 6.07) is -3.91. The van der Waals surface area contributed by atoms with Gasteiger partial charge in [-0.05, 0) is 32.7 Å². The van der Waals surface area contributed by atoms with E-state index in [9.17, 15) is 24.3 Å². The third-order valence-corrected chi connectivity index (χ3v) is 3.42. The van der Waals surface area contributed by atoms with E-state index in [4.69, 9.17) is 22.3 Å². The first-order chi connectivity index (χ1) is 11.6. The summed E-state index contributed by atoms with van der Waals surface area (Å²) < 4.78 is 0. The summed E-state index contributed by atoms with van der Waals surface area (Å²) in [6.45, 7) is 1.67. The van der Waals surface area contributed by atoms with E-state index in [-0.39, 0.29) is 6.42 Å². The minimum absolute atomic E-state index is 0.142. The number of aliphatic hydroxyl groups is 1. The van der Waals surface area contributed by atoms with Gasteiger partial charge in [0.1, 0.15) is 18.1 Å². The number of carbonyl (C=O) groups excluding carboxylic acids is 3. The number of amides is 3. The highest BCUT2D eigenvalue weighted by atomic mass is 16.4. The monoisotopic (exact) mass is 361 g/mol. The van der Waals surface area contributed by atoms with Crippen molar-refractivity contribution in [3.63, 3.8) is 0 Å². The predicted molar refractivity (Wildman–Crippen MR) is 87.9 cm³/mol. The van der Waals surface area contributed by atoms with E-state index in [0.29, 0.717) is 19.4 Å². The molecule has 0 aromatic heterocycles. The van der Waals surface area contributed by atoms with Crippen molar-refractivity contribution < 1.29 is 29.4 Å². The Morgan fingerprint density at radius 2 is 1.60 bits per heavy atom. The van der Waals surface area contributed by atoms with Crippen LogP contribution in [0.15, 0.2) is 0 Å². The van der Waals surface area contributed by atoms with Gasteiger partial charge < -0.3 is 38.0 Å². The fraction of sp³-hybridized carbons (Fsp3) is 0.714. The number of unbranched alkanes of at least 4 members (excludes halogenated alkanes) is 1. The molecule has 0 spiro atoms. The molecule has 0 rings (SSSR count). The number of carbonyl (C=O) groups is 4. The number of hydrogen-bond donors (Lipinski definition) is 7. The second-order valence-corrected chi connectivity index (χ2v) is 5.68. The summed E-state index contributed by atoms with van der Waals surface area (Å²) in [4.78, 5) is 46.4. The van der Waals surface area contributed by atoms with Gasteiger partial charge in [-0.25, -0.2) is 4.79 Å². The minimum Gasteiger partial charge on any atom is -0.480 e. The van der Waals surface area contributed by atoms with Gasteiger partial charge in [0.15, 0.2) is 0 Å². The first-order valence-electron chi connectivity index (χ1n) is 7.85. The van der Waals surface area contributed by atoms with Gasteiger partial charge in [-0.15, -0.1) is 0 Å². The van der Waals surface area contributed by atoms with Crippen molar-refractivity contribution in [3.05, 3.63) is 0 Å². The Morgan fingerprint density at radius 3 is 2.04 bits per heavy atom. The van der Waals surface area contributed by atoms with E-state index in [1.807, 2.05) is 0 Å². The zero-order valence-corrected chi connectivity index (χ0v) is 14.1. The molecule has 4 atom stereocenters. The van der Waals surface area contributed by atoms with Gasteiger partial charge in [-0.3, -0.25) is 14.4 Å². The van der Waals surface area contributed by atoms with E-state index in [1.165, 1.54) is 6.92 Å². The Balaban J connectivity index is 4.99. The third kappa shape index (κ3) is 8.98. The number of aliphatic carboxylic acids is 1. The van der Waals surface area contributed by atoms with Crippen LogP contribution in [0, 0.1) is 0 Å². The molecule has 0 fully saturated rings. The number of aliphatic hydroxyl groups excluding tert-OH is 1. The first kappa shape index (κ1) is 22.8. The molecule has 144 valence electrons. The molecule has 0 aliphatic rings. The van der Waals surface area contributed by atoms with Crippen molar-refractivity contribution in [1.29, 1.82) is 0 Å². The number of nitrogens with one attached hydrogen (secondary N) is 2. The van der Waals surface area contributed by atoms with Crippen LogP contribution in [0.3, 0.4) is 0 Å². The van der Waals surface area contributed by atoms with Crippen LogP contribution in [0.25, 0.3) is 0 Å². The van der Waals surface area contributed by atoms with Crippen LogP contribution in [0.4, 0.5) is 0 Å². The van der Waals surface area contributed by atoms with Gasteiger partial charge in [-0.1, -0.05) is 0 Å². The molecule has 3 amide bonds. The summed E-state index contributed by atoms with van der Waals surface area (Å²) in [5, 5.41) is 22.9. The first-order valence-corrected chi connectivity index (χ1v) is 7.85. The molecule has 11 nitrogen and oxygen atoms in total. The molecule has 0 radical (unpaired) electrons. The number of primary amides is 1. The zero-order chi connectivity index (χ0) is 19.6. The highest BCUT2D eigenvalue weighted by Gasteiger charge is 2.29. The van der Waals surface area contributed by atoms with Crippen molar-refractivity contribution in [1.82, 2.24) is 10.6 Å². The van der Waals surface area contributed by atoms with Crippen molar-refractivity contribution in [2.75, 3.05) is 6.54 Å². The van der Waals surface area contributed by atoms with E-state index >= 15 is 0 Å². The quantitative estimate of drug-likeness (QED) is 0.175. The Labute approximate surface area is 145 Å². The number of carboxylic acid groups (broad SMARTS) is 1. The molecule has 0 saturated heterocycles. The SMILES string of the molecule is C[C@@H](O)[C@H](N)C(=O)N[C@@H](CC(N)=O)C(=O)N[C@@H](CCCCN)C(=O)O. The lowest BCUT2D eigenvalue weighted by Crippen LogP contribution is -2.57. The van der Waals surface area contributed by atoms with Crippen LogP contribution >= 0.6 is 0 Å². The largest absolute Gasteiger partial charge is 0.480 e. The molecule has 10 N–H and O–H groups in total. The second kappa shape index (κ2) is 11.3. The summed E-state index contributed by atoms with van der Waals surface area (Å²) in [5.74, 6) is -3.88. The highest BCUT2D eigenvalue weighted by molar-refractivity contribution is 5.94. The van der Waals surface area contributed by atoms with Crippen molar-refractivity contribution in [2.24, 2.45) is 17.2 Å². The van der Waals surface area contributed by atoms with Crippen LogP contribution in [0.5, 0.6) is 0 Å². The van der Waals surface area contributed by atoms with Crippen LogP contribution in [0.2, 0.25) is 0 Å². The zero-order valence-electron chi connectivity index (χ0n) is 14.1. The maximum Gasteiger partial charge on any atom is 0.326 e. The summed E-state index contributed by atoms with van der Waals surface area (Å²) in [7, 11) is 0. The Bertz CT molecular complexity index is 484. The molecule has 0 aliphatic carbocycles. The van der Waals surface area contributed by atoms with Gasteiger partial charge in [0.05, 0.1) is 12.5 Å². The number of hydrogen-bond acceptors (Lipinski definition) is 7. The Kier molecular flexibility index (Phi) is 10.3. The lowest BCUT2D eigenvalue weighted by molar-refractivity contribution is -0.142. The van der Waals surface area contributed by atoms with E-state index < -0.39 is 54.3 Å². The highest BCUT2D eigenvalue weighted by Crippen LogP contribution is 2.03. The predicted octanol–water partition coefficient (Wildman–Crippen LogP) is -3.25. The fourth-order valence-corrected chi connectivity index (χ4v) is 1.92. The number of rotatable bonds is 12. The standard InChI is InChI=1S/C14H27N5O6/c1-7(20)11(17)13(23)19-9(6-10(16)21)12(22)18-8(14(24)25)4-2-3-5-15/h7-9,11,20H,2-6,15,17H2,1H3,(H2,16,21)(H,18,22)(H,19,23)(H,24,25)/t7-,8+,9+,11+/m1/s1. The maximum atomic E-state index is 12.2. The molecule has 25 heavy (non-hydrogen) atoms. The van der Waals surface area contributed by atoms with Crippen molar-refractivity contribution >= 4 is 23.7 Å². The topological polar surface area (TPSA) is 211 Å². The molecular weight excluding hydrogens is 334 g/mol. The summed E-state index contributed by atoms with van der Waals surface area (Å²) in [6.07, 6.45) is -0.514. The minimum atomic E-state index is -1.40. The molecule has 0 unspecified atom stereocenters. The average Bonchev–Trinajstić information content (AvgIpc) is 2.51. The van der Waals surface area contributed by atoms with Crippen molar-refractivity contribution in [3.8, 4) is 0 Å².